The highest BCUT2D eigenvalue weighted by molar-refractivity contribution is 6.31. The molecule has 0 saturated heterocycles. The maximum Gasteiger partial charge on any atom is 0.0444 e. The molecule has 1 nitrogen and oxygen atoms in total. The van der Waals surface area contributed by atoms with Gasteiger partial charge in [-0.3, -0.25) is 0 Å². The number of fused-ring (bicyclic) bond motifs is 1. The van der Waals surface area contributed by atoms with E-state index in [1.54, 1.807) is 0 Å². The molecule has 1 aliphatic rings. The summed E-state index contributed by atoms with van der Waals surface area (Å²) in [4.78, 5) is 0. The van der Waals surface area contributed by atoms with E-state index in [0.29, 0.717) is 0 Å². The molecule has 1 atom stereocenters. The van der Waals surface area contributed by atoms with Crippen LogP contribution in [0.25, 0.3) is 0 Å². The average molecular weight is 210 g/mol. The third kappa shape index (κ3) is 1.45. The van der Waals surface area contributed by atoms with E-state index in [1.807, 2.05) is 0 Å². The van der Waals surface area contributed by atoms with Crippen molar-refractivity contribution >= 4 is 11.6 Å². The zero-order valence-corrected chi connectivity index (χ0v) is 9.49. The van der Waals surface area contributed by atoms with Crippen LogP contribution in [0.2, 0.25) is 5.02 Å². The van der Waals surface area contributed by atoms with Crippen molar-refractivity contribution in [3.05, 3.63) is 33.3 Å². The minimum Gasteiger partial charge on any atom is -0.324 e. The predicted octanol–water partition coefficient (Wildman–Crippen LogP) is 3.29. The van der Waals surface area contributed by atoms with Crippen molar-refractivity contribution in [2.45, 2.75) is 39.2 Å². The van der Waals surface area contributed by atoms with E-state index < -0.39 is 0 Å². The lowest BCUT2D eigenvalue weighted by Gasteiger charge is -2.26. The van der Waals surface area contributed by atoms with Crippen molar-refractivity contribution in [3.63, 3.8) is 0 Å². The molecule has 0 amide bonds. The molecule has 1 aromatic carbocycles. The van der Waals surface area contributed by atoms with Crippen LogP contribution < -0.4 is 5.73 Å². The van der Waals surface area contributed by atoms with Crippen LogP contribution in [-0.2, 0) is 6.42 Å². The Morgan fingerprint density at radius 2 is 2.14 bits per heavy atom. The van der Waals surface area contributed by atoms with E-state index >= 15 is 0 Å². The Balaban J connectivity index is 2.67. The van der Waals surface area contributed by atoms with Gasteiger partial charge in [0.2, 0.25) is 0 Å². The summed E-state index contributed by atoms with van der Waals surface area (Å²) in [5.74, 6) is 0. The third-order valence-corrected chi connectivity index (χ3v) is 3.60. The molecule has 2 rings (SSSR count). The van der Waals surface area contributed by atoms with Crippen molar-refractivity contribution in [1.82, 2.24) is 0 Å². The first-order chi connectivity index (χ1) is 6.61. The minimum atomic E-state index is 0.191. The van der Waals surface area contributed by atoms with Crippen LogP contribution in [0.15, 0.2) is 6.07 Å². The van der Waals surface area contributed by atoms with Gasteiger partial charge in [0, 0.05) is 11.1 Å². The molecule has 1 aliphatic carbocycles. The monoisotopic (exact) mass is 209 g/mol. The Labute approximate surface area is 90.3 Å². The number of halogens is 1. The molecule has 0 unspecified atom stereocenters. The van der Waals surface area contributed by atoms with Crippen LogP contribution in [0.4, 0.5) is 0 Å². The van der Waals surface area contributed by atoms with E-state index in [1.165, 1.54) is 22.3 Å². The fraction of sp³-hybridized carbons (Fsp3) is 0.500. The summed E-state index contributed by atoms with van der Waals surface area (Å²) in [5.41, 5.74) is 11.3. The zero-order valence-electron chi connectivity index (χ0n) is 8.73. The Kier molecular flexibility index (Phi) is 2.54. The lowest BCUT2D eigenvalue weighted by atomic mass is 9.84. The lowest BCUT2D eigenvalue weighted by Crippen LogP contribution is -2.19. The Morgan fingerprint density at radius 1 is 1.43 bits per heavy atom. The van der Waals surface area contributed by atoms with Gasteiger partial charge in [-0.25, -0.2) is 0 Å². The summed E-state index contributed by atoms with van der Waals surface area (Å²) < 4.78 is 0. The molecule has 14 heavy (non-hydrogen) atoms. The topological polar surface area (TPSA) is 26.0 Å². The third-order valence-electron chi connectivity index (χ3n) is 3.26. The van der Waals surface area contributed by atoms with Crippen molar-refractivity contribution in [3.8, 4) is 0 Å². The second-order valence-electron chi connectivity index (χ2n) is 4.19. The summed E-state index contributed by atoms with van der Waals surface area (Å²) >= 11 is 6.23. The van der Waals surface area contributed by atoms with Gasteiger partial charge in [-0.2, -0.15) is 0 Å². The molecule has 0 bridgehead atoms. The predicted molar refractivity (Wildman–Crippen MR) is 60.8 cm³/mol. The van der Waals surface area contributed by atoms with Crippen molar-refractivity contribution in [2.75, 3.05) is 0 Å². The maximum absolute atomic E-state index is 6.23. The summed E-state index contributed by atoms with van der Waals surface area (Å²) in [5, 5.41) is 0.901. The molecular weight excluding hydrogens is 194 g/mol. The summed E-state index contributed by atoms with van der Waals surface area (Å²) in [6.07, 6.45) is 3.34. The van der Waals surface area contributed by atoms with Gasteiger partial charge in [0.25, 0.3) is 0 Å². The molecule has 2 N–H and O–H groups in total. The smallest absolute Gasteiger partial charge is 0.0444 e. The number of hydrogen-bond donors (Lipinski definition) is 1. The van der Waals surface area contributed by atoms with Crippen molar-refractivity contribution in [2.24, 2.45) is 5.73 Å². The largest absolute Gasteiger partial charge is 0.324 e. The molecule has 76 valence electrons. The van der Waals surface area contributed by atoms with E-state index in [4.69, 9.17) is 17.3 Å². The lowest BCUT2D eigenvalue weighted by molar-refractivity contribution is 0.567. The second kappa shape index (κ2) is 3.56. The quantitative estimate of drug-likeness (QED) is 0.697. The number of rotatable bonds is 0. The zero-order chi connectivity index (χ0) is 10.3. The maximum atomic E-state index is 6.23. The molecule has 0 spiro atoms. The number of nitrogens with two attached hydrogens (primary N) is 1. The highest BCUT2D eigenvalue weighted by Crippen LogP contribution is 2.36. The number of aryl methyl sites for hydroxylation is 1. The Morgan fingerprint density at radius 3 is 2.86 bits per heavy atom. The van der Waals surface area contributed by atoms with Gasteiger partial charge in [-0.15, -0.1) is 0 Å². The van der Waals surface area contributed by atoms with Crippen LogP contribution in [0, 0.1) is 13.8 Å². The molecule has 0 aliphatic heterocycles. The number of hydrogen-bond acceptors (Lipinski definition) is 1. The summed E-state index contributed by atoms with van der Waals surface area (Å²) in [6.45, 7) is 4.25. The highest BCUT2D eigenvalue weighted by atomic mass is 35.5. The Bertz CT molecular complexity index is 371. The molecule has 0 radical (unpaired) electrons. The van der Waals surface area contributed by atoms with E-state index in [-0.39, 0.29) is 6.04 Å². The van der Waals surface area contributed by atoms with E-state index in [2.05, 4.69) is 19.9 Å². The standard InChI is InChI=1S/C12H16ClN/c1-7-6-10(13)9-4-3-5-11(14)12(9)8(7)2/h6,11H,3-5,14H2,1-2H3/t11-/m1/s1. The summed E-state index contributed by atoms with van der Waals surface area (Å²) in [6, 6.07) is 2.25. The van der Waals surface area contributed by atoms with Gasteiger partial charge in [0.1, 0.15) is 0 Å². The van der Waals surface area contributed by atoms with Crippen LogP contribution in [-0.4, -0.2) is 0 Å². The molecule has 0 saturated carbocycles. The molecule has 0 aromatic heterocycles. The first-order valence-corrected chi connectivity index (χ1v) is 5.53. The van der Waals surface area contributed by atoms with Crippen LogP contribution >= 0.6 is 11.6 Å². The van der Waals surface area contributed by atoms with Gasteiger partial charge in [-0.05, 0) is 61.4 Å². The van der Waals surface area contributed by atoms with Gasteiger partial charge in [0.15, 0.2) is 0 Å². The molecule has 1 aromatic rings. The Hall–Kier alpha value is -0.530. The van der Waals surface area contributed by atoms with Crippen LogP contribution in [0.1, 0.15) is 41.1 Å². The first kappa shape index (κ1) is 10.0. The second-order valence-corrected chi connectivity index (χ2v) is 4.60. The molecule has 2 heteroatoms. The van der Waals surface area contributed by atoms with E-state index in [0.717, 1.165) is 24.3 Å². The van der Waals surface area contributed by atoms with Crippen LogP contribution in [0.5, 0.6) is 0 Å². The van der Waals surface area contributed by atoms with Crippen molar-refractivity contribution in [1.29, 1.82) is 0 Å². The fourth-order valence-corrected chi connectivity index (χ4v) is 2.71. The SMILES string of the molecule is Cc1cc(Cl)c2c(c1C)[C@H](N)CCC2. The van der Waals surface area contributed by atoms with Gasteiger partial charge >= 0.3 is 0 Å². The average Bonchev–Trinajstić information content (AvgIpc) is 2.14. The molecule has 0 heterocycles. The van der Waals surface area contributed by atoms with Crippen LogP contribution in [0.3, 0.4) is 0 Å². The summed E-state index contributed by atoms with van der Waals surface area (Å²) in [7, 11) is 0. The van der Waals surface area contributed by atoms with Gasteiger partial charge in [0.05, 0.1) is 0 Å². The normalized spacial score (nSPS) is 20.7. The van der Waals surface area contributed by atoms with Crippen molar-refractivity contribution < 1.29 is 0 Å². The number of benzene rings is 1. The minimum absolute atomic E-state index is 0.191. The first-order valence-electron chi connectivity index (χ1n) is 5.15. The fourth-order valence-electron chi connectivity index (χ4n) is 2.35. The van der Waals surface area contributed by atoms with E-state index in [9.17, 15) is 0 Å². The molecular formula is C12H16ClN. The molecule has 0 fully saturated rings. The highest BCUT2D eigenvalue weighted by Gasteiger charge is 2.21. The van der Waals surface area contributed by atoms with Gasteiger partial charge < -0.3 is 5.73 Å². The van der Waals surface area contributed by atoms with Gasteiger partial charge in [-0.1, -0.05) is 11.6 Å².